The third kappa shape index (κ3) is 3.08. The topological polar surface area (TPSA) is 32.3 Å². The van der Waals surface area contributed by atoms with Crippen LogP contribution in [0, 0.1) is 17.8 Å². The van der Waals surface area contributed by atoms with E-state index >= 15 is 0 Å². The highest BCUT2D eigenvalue weighted by Crippen LogP contribution is 2.44. The molecule has 18 heavy (non-hydrogen) atoms. The summed E-state index contributed by atoms with van der Waals surface area (Å²) in [5.74, 6) is 2.63. The monoisotopic (exact) mass is 251 g/mol. The molecule has 3 aliphatic rings. The molecule has 2 N–H and O–H groups in total. The molecule has 4 atom stereocenters. The second-order valence-corrected chi connectivity index (χ2v) is 6.96. The molecule has 4 unspecified atom stereocenters. The first-order chi connectivity index (χ1) is 8.86. The van der Waals surface area contributed by atoms with E-state index in [4.69, 9.17) is 0 Å². The summed E-state index contributed by atoms with van der Waals surface area (Å²) in [5, 5.41) is 13.4. The average Bonchev–Trinajstić information content (AvgIpc) is 3.24. The fourth-order valence-electron chi connectivity index (χ4n) is 4.32. The van der Waals surface area contributed by atoms with Crippen LogP contribution in [0.2, 0.25) is 0 Å². The fourth-order valence-corrected chi connectivity index (χ4v) is 4.32. The van der Waals surface area contributed by atoms with Gasteiger partial charge in [-0.15, -0.1) is 0 Å². The Morgan fingerprint density at radius 1 is 0.833 bits per heavy atom. The van der Waals surface area contributed by atoms with Gasteiger partial charge in [0.2, 0.25) is 0 Å². The highest BCUT2D eigenvalue weighted by atomic mass is 16.3. The third-order valence-corrected chi connectivity index (χ3v) is 5.60. The van der Waals surface area contributed by atoms with Gasteiger partial charge in [-0.3, -0.25) is 0 Å². The maximum absolute atomic E-state index is 9.50. The van der Waals surface area contributed by atoms with Crippen LogP contribution in [0.3, 0.4) is 0 Å². The minimum Gasteiger partial charge on any atom is -0.396 e. The fraction of sp³-hybridized carbons (Fsp3) is 1.00. The van der Waals surface area contributed by atoms with E-state index < -0.39 is 0 Å². The van der Waals surface area contributed by atoms with Gasteiger partial charge in [-0.2, -0.15) is 0 Å². The number of hydrogen-bond acceptors (Lipinski definition) is 2. The van der Waals surface area contributed by atoms with Crippen molar-refractivity contribution >= 4 is 0 Å². The van der Waals surface area contributed by atoms with Gasteiger partial charge in [0.15, 0.2) is 0 Å². The molecule has 2 nitrogen and oxygen atoms in total. The van der Waals surface area contributed by atoms with Gasteiger partial charge >= 0.3 is 0 Å². The molecule has 0 heterocycles. The summed E-state index contributed by atoms with van der Waals surface area (Å²) in [6.45, 7) is 0.385. The van der Waals surface area contributed by atoms with E-state index in [1.165, 1.54) is 64.2 Å². The summed E-state index contributed by atoms with van der Waals surface area (Å²) in [6.07, 6.45) is 13.9. The number of aliphatic hydroxyl groups is 1. The molecular weight excluding hydrogens is 222 g/mol. The lowest BCUT2D eigenvalue weighted by atomic mass is 9.80. The van der Waals surface area contributed by atoms with E-state index in [1.807, 2.05) is 0 Å². The van der Waals surface area contributed by atoms with Crippen LogP contribution >= 0.6 is 0 Å². The SMILES string of the molecule is OCC1CCCCC1NC1CCCC(C2CC2)C1. The van der Waals surface area contributed by atoms with Crippen molar-refractivity contribution in [3.63, 3.8) is 0 Å². The number of aliphatic hydroxyl groups excluding tert-OH is 1. The lowest BCUT2D eigenvalue weighted by Gasteiger charge is -2.37. The highest BCUT2D eigenvalue weighted by molar-refractivity contribution is 4.90. The first-order valence-electron chi connectivity index (χ1n) is 8.23. The normalized spacial score (nSPS) is 41.8. The lowest BCUT2D eigenvalue weighted by molar-refractivity contribution is 0.133. The molecule has 2 heteroatoms. The highest BCUT2D eigenvalue weighted by Gasteiger charge is 2.36. The zero-order valence-corrected chi connectivity index (χ0v) is 11.6. The van der Waals surface area contributed by atoms with Crippen molar-refractivity contribution in [2.75, 3.05) is 6.61 Å². The summed E-state index contributed by atoms with van der Waals surface area (Å²) >= 11 is 0. The molecule has 3 saturated carbocycles. The quantitative estimate of drug-likeness (QED) is 0.804. The molecule has 0 aromatic carbocycles. The third-order valence-electron chi connectivity index (χ3n) is 5.60. The molecule has 0 aliphatic heterocycles. The standard InChI is InChI=1S/C16H29NO/c18-11-14-4-1-2-7-16(14)17-15-6-3-5-13(10-15)12-8-9-12/h12-18H,1-11H2. The number of hydrogen-bond donors (Lipinski definition) is 2. The van der Waals surface area contributed by atoms with Crippen molar-refractivity contribution in [1.29, 1.82) is 0 Å². The molecule has 3 rings (SSSR count). The summed E-state index contributed by atoms with van der Waals surface area (Å²) in [4.78, 5) is 0. The smallest absolute Gasteiger partial charge is 0.0474 e. The van der Waals surface area contributed by atoms with Gasteiger partial charge in [0.05, 0.1) is 0 Å². The Bertz CT molecular complexity index is 264. The molecule has 104 valence electrons. The van der Waals surface area contributed by atoms with E-state index in [0.29, 0.717) is 18.6 Å². The van der Waals surface area contributed by atoms with Gasteiger partial charge in [0, 0.05) is 18.7 Å². The van der Waals surface area contributed by atoms with Crippen LogP contribution in [0.25, 0.3) is 0 Å². The maximum atomic E-state index is 9.50. The second kappa shape index (κ2) is 5.92. The van der Waals surface area contributed by atoms with Gasteiger partial charge < -0.3 is 10.4 Å². The van der Waals surface area contributed by atoms with Gasteiger partial charge in [-0.25, -0.2) is 0 Å². The van der Waals surface area contributed by atoms with Gasteiger partial charge in [-0.05, 0) is 56.3 Å². The number of nitrogens with one attached hydrogen (secondary N) is 1. The second-order valence-electron chi connectivity index (χ2n) is 6.96. The first-order valence-corrected chi connectivity index (χ1v) is 8.23. The van der Waals surface area contributed by atoms with E-state index in [-0.39, 0.29) is 0 Å². The predicted molar refractivity (Wildman–Crippen MR) is 74.4 cm³/mol. The van der Waals surface area contributed by atoms with Crippen molar-refractivity contribution in [1.82, 2.24) is 5.32 Å². The van der Waals surface area contributed by atoms with Crippen molar-refractivity contribution in [3.8, 4) is 0 Å². The van der Waals surface area contributed by atoms with Gasteiger partial charge in [0.25, 0.3) is 0 Å². The van der Waals surface area contributed by atoms with Crippen LogP contribution in [0.5, 0.6) is 0 Å². The van der Waals surface area contributed by atoms with Crippen molar-refractivity contribution in [2.24, 2.45) is 17.8 Å². The Labute approximate surface area is 112 Å². The van der Waals surface area contributed by atoms with E-state index in [2.05, 4.69) is 5.32 Å². The summed E-state index contributed by atoms with van der Waals surface area (Å²) < 4.78 is 0. The molecule has 0 radical (unpaired) electrons. The molecule has 0 spiro atoms. The maximum Gasteiger partial charge on any atom is 0.0474 e. The Kier molecular flexibility index (Phi) is 4.25. The van der Waals surface area contributed by atoms with Crippen molar-refractivity contribution < 1.29 is 5.11 Å². The average molecular weight is 251 g/mol. The largest absolute Gasteiger partial charge is 0.396 e. The first kappa shape index (κ1) is 12.9. The number of rotatable bonds is 4. The van der Waals surface area contributed by atoms with Gasteiger partial charge in [-0.1, -0.05) is 25.7 Å². The Balaban J connectivity index is 1.51. The molecule has 0 amide bonds. The minimum atomic E-state index is 0.385. The van der Waals surface area contributed by atoms with Crippen molar-refractivity contribution in [3.05, 3.63) is 0 Å². The Hall–Kier alpha value is -0.0800. The van der Waals surface area contributed by atoms with Crippen LogP contribution in [-0.2, 0) is 0 Å². The van der Waals surface area contributed by atoms with Crippen LogP contribution < -0.4 is 5.32 Å². The summed E-state index contributed by atoms with van der Waals surface area (Å²) in [5.41, 5.74) is 0. The van der Waals surface area contributed by atoms with Gasteiger partial charge in [0.1, 0.15) is 0 Å². The van der Waals surface area contributed by atoms with Crippen LogP contribution in [0.15, 0.2) is 0 Å². The van der Waals surface area contributed by atoms with Crippen molar-refractivity contribution in [2.45, 2.75) is 76.3 Å². The Morgan fingerprint density at radius 3 is 2.44 bits per heavy atom. The molecular formula is C16H29NO. The molecule has 0 bridgehead atoms. The predicted octanol–water partition coefficient (Wildman–Crippen LogP) is 3.10. The summed E-state index contributed by atoms with van der Waals surface area (Å²) in [7, 11) is 0. The molecule has 0 aromatic heterocycles. The molecule has 3 fully saturated rings. The molecule has 0 saturated heterocycles. The summed E-state index contributed by atoms with van der Waals surface area (Å²) in [6, 6.07) is 1.35. The van der Waals surface area contributed by atoms with E-state index in [1.54, 1.807) is 0 Å². The zero-order valence-electron chi connectivity index (χ0n) is 11.6. The van der Waals surface area contributed by atoms with Crippen LogP contribution in [-0.4, -0.2) is 23.8 Å². The van der Waals surface area contributed by atoms with Crippen LogP contribution in [0.4, 0.5) is 0 Å². The molecule has 0 aromatic rings. The minimum absolute atomic E-state index is 0.385. The van der Waals surface area contributed by atoms with E-state index in [0.717, 1.165) is 17.9 Å². The Morgan fingerprint density at radius 2 is 1.67 bits per heavy atom. The zero-order chi connectivity index (χ0) is 12.4. The van der Waals surface area contributed by atoms with E-state index in [9.17, 15) is 5.11 Å². The lowest BCUT2D eigenvalue weighted by Crippen LogP contribution is -2.47. The van der Waals surface area contributed by atoms with Crippen LogP contribution in [0.1, 0.15) is 64.2 Å². The molecule has 3 aliphatic carbocycles.